The SMILES string of the molecule is O=C(ONc1ccc(Cl)c(C(F)(F)F)c1)c1ccccc1. The second kappa shape index (κ2) is 6.05. The van der Waals surface area contributed by atoms with Crippen molar-refractivity contribution in [1.29, 1.82) is 0 Å². The van der Waals surface area contributed by atoms with Crippen LogP contribution in [-0.4, -0.2) is 5.97 Å². The van der Waals surface area contributed by atoms with Gasteiger partial charge in [-0.05, 0) is 30.3 Å². The van der Waals surface area contributed by atoms with Crippen LogP contribution in [0.25, 0.3) is 0 Å². The maximum absolute atomic E-state index is 12.7. The minimum absolute atomic E-state index is 0.0315. The predicted molar refractivity (Wildman–Crippen MR) is 71.9 cm³/mol. The topological polar surface area (TPSA) is 38.3 Å². The van der Waals surface area contributed by atoms with Crippen molar-refractivity contribution < 1.29 is 22.8 Å². The van der Waals surface area contributed by atoms with Crippen LogP contribution in [0.3, 0.4) is 0 Å². The van der Waals surface area contributed by atoms with E-state index >= 15 is 0 Å². The van der Waals surface area contributed by atoms with Crippen molar-refractivity contribution in [2.24, 2.45) is 0 Å². The average Bonchev–Trinajstić information content (AvgIpc) is 2.45. The minimum atomic E-state index is -4.59. The molecule has 0 atom stereocenters. The summed E-state index contributed by atoms with van der Waals surface area (Å²) in [4.78, 5) is 16.4. The van der Waals surface area contributed by atoms with Gasteiger partial charge in [-0.15, -0.1) is 0 Å². The molecule has 21 heavy (non-hydrogen) atoms. The zero-order chi connectivity index (χ0) is 15.5. The van der Waals surface area contributed by atoms with Crippen LogP contribution in [0.2, 0.25) is 5.02 Å². The van der Waals surface area contributed by atoms with Gasteiger partial charge in [-0.1, -0.05) is 29.8 Å². The van der Waals surface area contributed by atoms with Crippen LogP contribution in [0.4, 0.5) is 18.9 Å². The van der Waals surface area contributed by atoms with E-state index in [9.17, 15) is 18.0 Å². The second-order valence-electron chi connectivity index (χ2n) is 4.05. The molecule has 0 aromatic heterocycles. The van der Waals surface area contributed by atoms with Crippen LogP contribution in [0, 0.1) is 0 Å². The molecule has 2 rings (SSSR count). The molecule has 0 unspecified atom stereocenters. The van der Waals surface area contributed by atoms with Crippen molar-refractivity contribution in [2.75, 3.05) is 5.48 Å². The first-order valence-electron chi connectivity index (χ1n) is 5.77. The molecule has 0 radical (unpaired) electrons. The molecule has 0 amide bonds. The van der Waals surface area contributed by atoms with Crippen molar-refractivity contribution in [3.8, 4) is 0 Å². The maximum atomic E-state index is 12.7. The molecule has 0 bridgehead atoms. The van der Waals surface area contributed by atoms with E-state index in [0.717, 1.165) is 12.1 Å². The van der Waals surface area contributed by atoms with Crippen LogP contribution in [-0.2, 0) is 11.0 Å². The summed E-state index contributed by atoms with van der Waals surface area (Å²) in [5.41, 5.74) is 1.41. The third-order valence-corrected chi connectivity index (χ3v) is 2.87. The van der Waals surface area contributed by atoms with Gasteiger partial charge in [0.05, 0.1) is 21.8 Å². The standard InChI is InChI=1S/C14H9ClF3NO2/c15-12-7-6-10(8-11(12)14(16,17)18)19-21-13(20)9-4-2-1-3-5-9/h1-8,19H. The van der Waals surface area contributed by atoms with Crippen molar-refractivity contribution in [3.63, 3.8) is 0 Å². The molecular weight excluding hydrogens is 307 g/mol. The van der Waals surface area contributed by atoms with E-state index in [1.54, 1.807) is 18.2 Å². The molecule has 0 fully saturated rings. The number of hydrogen-bond acceptors (Lipinski definition) is 3. The molecule has 0 spiro atoms. The number of carbonyl (C=O) groups excluding carboxylic acids is 1. The normalized spacial score (nSPS) is 11.0. The monoisotopic (exact) mass is 315 g/mol. The van der Waals surface area contributed by atoms with E-state index < -0.39 is 22.7 Å². The summed E-state index contributed by atoms with van der Waals surface area (Å²) in [6, 6.07) is 11.2. The first-order chi connectivity index (χ1) is 9.88. The Bertz CT molecular complexity index is 644. The van der Waals surface area contributed by atoms with E-state index in [4.69, 9.17) is 16.4 Å². The Morgan fingerprint density at radius 3 is 2.38 bits per heavy atom. The fraction of sp³-hybridized carbons (Fsp3) is 0.0714. The Hall–Kier alpha value is -2.21. The first-order valence-corrected chi connectivity index (χ1v) is 6.14. The summed E-state index contributed by atoms with van der Waals surface area (Å²) < 4.78 is 38.0. The minimum Gasteiger partial charge on any atom is -0.338 e. The van der Waals surface area contributed by atoms with Gasteiger partial charge >= 0.3 is 12.1 Å². The van der Waals surface area contributed by atoms with Gasteiger partial charge in [-0.25, -0.2) is 10.3 Å². The van der Waals surface area contributed by atoms with E-state index in [1.807, 2.05) is 0 Å². The maximum Gasteiger partial charge on any atom is 0.417 e. The van der Waals surface area contributed by atoms with Gasteiger partial charge < -0.3 is 4.84 Å². The van der Waals surface area contributed by atoms with E-state index in [2.05, 4.69) is 5.48 Å². The van der Waals surface area contributed by atoms with Crippen LogP contribution < -0.4 is 5.48 Å². The number of halogens is 4. The van der Waals surface area contributed by atoms with Crippen LogP contribution >= 0.6 is 11.6 Å². The number of nitrogens with one attached hydrogen (secondary N) is 1. The zero-order valence-corrected chi connectivity index (χ0v) is 11.2. The lowest BCUT2D eigenvalue weighted by molar-refractivity contribution is -0.137. The summed E-state index contributed by atoms with van der Waals surface area (Å²) in [5, 5.41) is -0.428. The highest BCUT2D eigenvalue weighted by Gasteiger charge is 2.33. The van der Waals surface area contributed by atoms with Crippen molar-refractivity contribution in [1.82, 2.24) is 0 Å². The van der Waals surface area contributed by atoms with Gasteiger partial charge in [0.15, 0.2) is 0 Å². The molecule has 2 aromatic rings. The number of rotatable bonds is 3. The zero-order valence-electron chi connectivity index (χ0n) is 10.4. The van der Waals surface area contributed by atoms with Crippen molar-refractivity contribution in [2.45, 2.75) is 6.18 Å². The third kappa shape index (κ3) is 3.88. The Labute approximate surface area is 123 Å². The van der Waals surface area contributed by atoms with Crippen LogP contribution in [0.5, 0.6) is 0 Å². The number of alkyl halides is 3. The summed E-state index contributed by atoms with van der Waals surface area (Å²) in [7, 11) is 0. The highest BCUT2D eigenvalue weighted by atomic mass is 35.5. The van der Waals surface area contributed by atoms with Gasteiger partial charge in [0.25, 0.3) is 0 Å². The van der Waals surface area contributed by atoms with Crippen molar-refractivity contribution >= 4 is 23.3 Å². The molecular formula is C14H9ClF3NO2. The average molecular weight is 316 g/mol. The van der Waals surface area contributed by atoms with Crippen molar-refractivity contribution in [3.05, 3.63) is 64.7 Å². The third-order valence-electron chi connectivity index (χ3n) is 2.54. The lowest BCUT2D eigenvalue weighted by Gasteiger charge is -2.12. The second-order valence-corrected chi connectivity index (χ2v) is 4.46. The Kier molecular flexibility index (Phi) is 4.37. The lowest BCUT2D eigenvalue weighted by atomic mass is 10.2. The van der Waals surface area contributed by atoms with Crippen LogP contribution in [0.1, 0.15) is 15.9 Å². The van der Waals surface area contributed by atoms with E-state index in [1.165, 1.54) is 18.2 Å². The Balaban J connectivity index is 2.09. The quantitative estimate of drug-likeness (QED) is 0.845. The summed E-state index contributed by atoms with van der Waals surface area (Å²) in [6.45, 7) is 0. The number of hydrogen-bond donors (Lipinski definition) is 1. The summed E-state index contributed by atoms with van der Waals surface area (Å²) in [5.74, 6) is -0.709. The molecule has 0 heterocycles. The van der Waals surface area contributed by atoms with Gasteiger partial charge in [0.2, 0.25) is 0 Å². The Morgan fingerprint density at radius 2 is 1.76 bits per heavy atom. The molecule has 0 aliphatic carbocycles. The smallest absolute Gasteiger partial charge is 0.338 e. The molecule has 2 aromatic carbocycles. The highest BCUT2D eigenvalue weighted by Crippen LogP contribution is 2.36. The molecule has 0 aliphatic heterocycles. The number of carbonyl (C=O) groups is 1. The number of benzene rings is 2. The first kappa shape index (κ1) is 15.2. The predicted octanol–water partition coefficient (Wildman–Crippen LogP) is 4.54. The Morgan fingerprint density at radius 1 is 1.10 bits per heavy atom. The lowest BCUT2D eigenvalue weighted by Crippen LogP contribution is -2.12. The highest BCUT2D eigenvalue weighted by molar-refractivity contribution is 6.31. The van der Waals surface area contributed by atoms with Gasteiger partial charge in [0, 0.05) is 0 Å². The van der Waals surface area contributed by atoms with Gasteiger partial charge in [0.1, 0.15) is 0 Å². The van der Waals surface area contributed by atoms with Gasteiger partial charge in [-0.3, -0.25) is 0 Å². The molecule has 0 aliphatic rings. The molecule has 0 saturated heterocycles. The van der Waals surface area contributed by atoms with E-state index in [0.29, 0.717) is 0 Å². The molecule has 7 heteroatoms. The summed E-state index contributed by atoms with van der Waals surface area (Å²) >= 11 is 5.48. The molecule has 110 valence electrons. The molecule has 1 N–H and O–H groups in total. The fourth-order valence-corrected chi connectivity index (χ4v) is 1.77. The largest absolute Gasteiger partial charge is 0.417 e. The summed E-state index contributed by atoms with van der Waals surface area (Å²) in [6.07, 6.45) is -4.59. The molecule has 0 saturated carbocycles. The fourth-order valence-electron chi connectivity index (χ4n) is 1.54. The van der Waals surface area contributed by atoms with Gasteiger partial charge in [-0.2, -0.15) is 13.2 Å². The number of anilines is 1. The molecule has 3 nitrogen and oxygen atoms in total. The van der Waals surface area contributed by atoms with E-state index in [-0.39, 0.29) is 11.3 Å². The van der Waals surface area contributed by atoms with Crippen LogP contribution in [0.15, 0.2) is 48.5 Å².